The number of para-hydroxylation sites is 1. The van der Waals surface area contributed by atoms with Crippen LogP contribution in [0.25, 0.3) is 0 Å². The number of benzene rings is 2. The zero-order valence-corrected chi connectivity index (χ0v) is 15.0. The highest BCUT2D eigenvalue weighted by atomic mass is 32.2. The monoisotopic (exact) mass is 399 g/mol. The molecular weight excluding hydrogens is 380 g/mol. The summed E-state index contributed by atoms with van der Waals surface area (Å²) in [6.07, 6.45) is 0.476. The van der Waals surface area contributed by atoms with Gasteiger partial charge in [0.1, 0.15) is 5.75 Å². The van der Waals surface area contributed by atoms with Gasteiger partial charge < -0.3 is 15.4 Å². The zero-order valence-electron chi connectivity index (χ0n) is 14.2. The minimum atomic E-state index is -3.74. The third-order valence-corrected chi connectivity index (χ3v) is 4.51. The molecule has 0 spiro atoms. The maximum absolute atomic E-state index is 12.4. The third-order valence-electron chi connectivity index (χ3n) is 3.58. The molecule has 4 N–H and O–H groups in total. The lowest BCUT2D eigenvalue weighted by Gasteiger charge is -2.12. The fourth-order valence-corrected chi connectivity index (χ4v) is 2.78. The number of alkyl halides is 2. The highest BCUT2D eigenvalue weighted by molar-refractivity contribution is 7.89. The van der Waals surface area contributed by atoms with Crippen molar-refractivity contribution in [3.63, 3.8) is 0 Å². The van der Waals surface area contributed by atoms with E-state index in [-0.39, 0.29) is 17.2 Å². The topological polar surface area (TPSA) is 111 Å². The van der Waals surface area contributed by atoms with Gasteiger partial charge in [0.05, 0.1) is 4.90 Å². The number of amides is 2. The van der Waals surface area contributed by atoms with Crippen molar-refractivity contribution in [2.45, 2.75) is 24.5 Å². The highest BCUT2D eigenvalue weighted by Gasteiger charge is 2.10. The van der Waals surface area contributed by atoms with Crippen molar-refractivity contribution in [3.05, 3.63) is 59.7 Å². The predicted molar refractivity (Wildman–Crippen MR) is 94.8 cm³/mol. The van der Waals surface area contributed by atoms with E-state index in [1.54, 1.807) is 30.3 Å². The second kappa shape index (κ2) is 9.28. The molecule has 0 aromatic heterocycles. The van der Waals surface area contributed by atoms with E-state index in [1.165, 1.54) is 18.2 Å². The van der Waals surface area contributed by atoms with Crippen molar-refractivity contribution in [3.8, 4) is 5.75 Å². The Labute approximate surface area is 155 Å². The zero-order chi connectivity index (χ0) is 19.9. The molecule has 0 fully saturated rings. The highest BCUT2D eigenvalue weighted by Crippen LogP contribution is 2.19. The van der Waals surface area contributed by atoms with Crippen LogP contribution in [-0.2, 0) is 23.0 Å². The first-order chi connectivity index (χ1) is 12.8. The standard InChI is InChI=1S/C17H19F2N3O4S/c18-16(19)26-15-4-2-1-3-13(15)11-22-17(23)21-10-9-12-5-7-14(8-6-12)27(20,24)25/h1-8,16H,9-11H2,(H2,20,24,25)(H2,21,22,23). The number of sulfonamides is 1. The second-order valence-corrected chi connectivity index (χ2v) is 7.10. The second-order valence-electron chi connectivity index (χ2n) is 5.53. The van der Waals surface area contributed by atoms with Crippen molar-refractivity contribution in [2.75, 3.05) is 6.54 Å². The summed E-state index contributed by atoms with van der Waals surface area (Å²) in [5.74, 6) is 0.00254. The summed E-state index contributed by atoms with van der Waals surface area (Å²) in [6.45, 7) is -2.62. The molecule has 0 bridgehead atoms. The molecule has 2 amide bonds. The van der Waals surface area contributed by atoms with Gasteiger partial charge in [-0.25, -0.2) is 18.4 Å². The van der Waals surface area contributed by atoms with E-state index in [1.807, 2.05) is 0 Å². The van der Waals surface area contributed by atoms with Gasteiger partial charge in [0.15, 0.2) is 0 Å². The first kappa shape index (κ1) is 20.6. The van der Waals surface area contributed by atoms with Crippen LogP contribution in [0.2, 0.25) is 0 Å². The number of carbonyl (C=O) groups excluding carboxylic acids is 1. The molecule has 10 heteroatoms. The summed E-state index contributed by atoms with van der Waals surface area (Å²) in [5.41, 5.74) is 1.24. The molecular formula is C17H19F2N3O4S. The molecule has 0 aliphatic carbocycles. The lowest BCUT2D eigenvalue weighted by Crippen LogP contribution is -2.36. The summed E-state index contributed by atoms with van der Waals surface area (Å²) in [4.78, 5) is 11.8. The van der Waals surface area contributed by atoms with Crippen LogP contribution in [0.5, 0.6) is 5.75 Å². The molecule has 2 aromatic rings. The van der Waals surface area contributed by atoms with Crippen molar-refractivity contribution in [2.24, 2.45) is 5.14 Å². The Bertz CT molecular complexity index is 874. The van der Waals surface area contributed by atoms with Crippen LogP contribution in [0.1, 0.15) is 11.1 Å². The summed E-state index contributed by atoms with van der Waals surface area (Å²) >= 11 is 0. The first-order valence-electron chi connectivity index (χ1n) is 7.92. The van der Waals surface area contributed by atoms with Crippen LogP contribution in [0.3, 0.4) is 0 Å². The van der Waals surface area contributed by atoms with Crippen molar-refractivity contribution < 1.29 is 26.7 Å². The van der Waals surface area contributed by atoms with Crippen molar-refractivity contribution >= 4 is 16.1 Å². The van der Waals surface area contributed by atoms with E-state index >= 15 is 0 Å². The Morgan fingerprint density at radius 2 is 1.74 bits per heavy atom. The van der Waals surface area contributed by atoms with Gasteiger partial charge in [-0.2, -0.15) is 8.78 Å². The van der Waals surface area contributed by atoms with E-state index in [9.17, 15) is 22.0 Å². The number of ether oxygens (including phenoxy) is 1. The fraction of sp³-hybridized carbons (Fsp3) is 0.235. The predicted octanol–water partition coefficient (Wildman–Crippen LogP) is 1.98. The number of nitrogens with two attached hydrogens (primary N) is 1. The fourth-order valence-electron chi connectivity index (χ4n) is 2.26. The number of carbonyl (C=O) groups is 1. The number of rotatable bonds is 8. The Hall–Kier alpha value is -2.72. The van der Waals surface area contributed by atoms with E-state index in [0.717, 1.165) is 5.56 Å². The van der Waals surface area contributed by atoms with Gasteiger partial charge in [-0.05, 0) is 30.2 Å². The van der Waals surface area contributed by atoms with E-state index < -0.39 is 22.7 Å². The molecule has 0 saturated carbocycles. The first-order valence-corrected chi connectivity index (χ1v) is 9.46. The van der Waals surface area contributed by atoms with Gasteiger partial charge in [0.25, 0.3) is 0 Å². The molecule has 0 radical (unpaired) electrons. The molecule has 146 valence electrons. The van der Waals surface area contributed by atoms with Gasteiger partial charge in [-0.1, -0.05) is 30.3 Å². The SMILES string of the molecule is NS(=O)(=O)c1ccc(CCNC(=O)NCc2ccccc2OC(F)F)cc1. The summed E-state index contributed by atoms with van der Waals surface area (Å²) in [6, 6.07) is 11.7. The van der Waals surface area contributed by atoms with Crippen molar-refractivity contribution in [1.29, 1.82) is 0 Å². The third kappa shape index (κ3) is 6.83. The van der Waals surface area contributed by atoms with Crippen LogP contribution in [0.4, 0.5) is 13.6 Å². The molecule has 0 atom stereocenters. The number of primary sulfonamides is 1. The lowest BCUT2D eigenvalue weighted by atomic mass is 10.1. The maximum Gasteiger partial charge on any atom is 0.387 e. The normalized spacial score (nSPS) is 11.3. The number of halogens is 2. The number of hydrogen-bond donors (Lipinski definition) is 3. The quantitative estimate of drug-likeness (QED) is 0.630. The average molecular weight is 399 g/mol. The Balaban J connectivity index is 1.79. The number of hydrogen-bond acceptors (Lipinski definition) is 4. The van der Waals surface area contributed by atoms with Gasteiger partial charge in [0.2, 0.25) is 10.0 Å². The van der Waals surface area contributed by atoms with E-state index in [4.69, 9.17) is 5.14 Å². The number of nitrogens with one attached hydrogen (secondary N) is 2. The molecule has 7 nitrogen and oxygen atoms in total. The maximum atomic E-state index is 12.4. The summed E-state index contributed by atoms with van der Waals surface area (Å²) < 4.78 is 51.5. The van der Waals surface area contributed by atoms with Crippen LogP contribution in [0.15, 0.2) is 53.4 Å². The largest absolute Gasteiger partial charge is 0.434 e. The number of urea groups is 1. The summed E-state index contributed by atoms with van der Waals surface area (Å²) in [5, 5.41) is 10.2. The minimum absolute atomic E-state index is 0.00254. The van der Waals surface area contributed by atoms with Gasteiger partial charge in [0, 0.05) is 18.7 Å². The van der Waals surface area contributed by atoms with Crippen LogP contribution >= 0.6 is 0 Å². The minimum Gasteiger partial charge on any atom is -0.434 e. The van der Waals surface area contributed by atoms with Crippen molar-refractivity contribution in [1.82, 2.24) is 10.6 Å². The van der Waals surface area contributed by atoms with Gasteiger partial charge in [-0.3, -0.25) is 0 Å². The molecule has 0 heterocycles. The Kier molecular flexibility index (Phi) is 7.08. The smallest absolute Gasteiger partial charge is 0.387 e. The lowest BCUT2D eigenvalue weighted by molar-refractivity contribution is -0.0504. The van der Waals surface area contributed by atoms with E-state index in [0.29, 0.717) is 18.5 Å². The van der Waals surface area contributed by atoms with Gasteiger partial charge >= 0.3 is 12.6 Å². The molecule has 0 unspecified atom stereocenters. The van der Waals surface area contributed by atoms with E-state index in [2.05, 4.69) is 15.4 Å². The Morgan fingerprint density at radius 3 is 2.37 bits per heavy atom. The molecule has 2 rings (SSSR count). The summed E-state index contributed by atoms with van der Waals surface area (Å²) in [7, 11) is -3.74. The average Bonchev–Trinajstić information content (AvgIpc) is 2.60. The molecule has 0 aliphatic rings. The molecule has 27 heavy (non-hydrogen) atoms. The van der Waals surface area contributed by atoms with Crippen LogP contribution in [-0.4, -0.2) is 27.6 Å². The molecule has 0 saturated heterocycles. The van der Waals surface area contributed by atoms with Gasteiger partial charge in [-0.15, -0.1) is 0 Å². The molecule has 0 aliphatic heterocycles. The molecule has 2 aromatic carbocycles. The van der Waals surface area contributed by atoms with Crippen LogP contribution < -0.4 is 20.5 Å². The van der Waals surface area contributed by atoms with Crippen LogP contribution in [0, 0.1) is 0 Å². The Morgan fingerprint density at radius 1 is 1.07 bits per heavy atom.